The first-order chi connectivity index (χ1) is 8.32. The first-order valence-corrected chi connectivity index (χ1v) is 5.27. The number of ketones is 1. The maximum absolute atomic E-state index is 13.1. The van der Waals surface area contributed by atoms with Crippen molar-refractivity contribution in [3.63, 3.8) is 0 Å². The van der Waals surface area contributed by atoms with E-state index in [0.717, 1.165) is 12.1 Å². The van der Waals surface area contributed by atoms with Crippen molar-refractivity contribution >= 4 is 11.7 Å². The summed E-state index contributed by atoms with van der Waals surface area (Å²) < 4.78 is 13.1. The summed E-state index contributed by atoms with van der Waals surface area (Å²) in [6.45, 7) is 1.25. The fourth-order valence-corrected chi connectivity index (χ4v) is 1.62. The Bertz CT molecular complexity index is 475. The van der Waals surface area contributed by atoms with Gasteiger partial charge in [-0.25, -0.2) is 4.39 Å². The molecule has 1 rings (SSSR count). The van der Waals surface area contributed by atoms with Crippen molar-refractivity contribution in [3.05, 3.63) is 35.1 Å². The Labute approximate surface area is 103 Å². The minimum absolute atomic E-state index is 0.0590. The van der Waals surface area contributed by atoms with Crippen LogP contribution in [0.3, 0.4) is 0 Å². The van der Waals surface area contributed by atoms with Gasteiger partial charge < -0.3 is 15.9 Å². The second-order valence-electron chi connectivity index (χ2n) is 3.97. The minimum atomic E-state index is -1.55. The smallest absolute Gasteiger partial charge is 0.220 e. The van der Waals surface area contributed by atoms with Crippen LogP contribution in [0.15, 0.2) is 18.2 Å². The summed E-state index contributed by atoms with van der Waals surface area (Å²) in [4.78, 5) is 22.0. The average Bonchev–Trinajstić information content (AvgIpc) is 2.26. The standard InChI is InChI=1S/C12H14FNO4/c1-6(15)8-3-2-7(13)4-9(8)12(18)10(16)5-11(14)17/h2-4,10,12,16,18H,5H2,1H3,(H2,14,17). The zero-order chi connectivity index (χ0) is 13.9. The van der Waals surface area contributed by atoms with Crippen LogP contribution in [-0.2, 0) is 4.79 Å². The molecule has 1 aromatic carbocycles. The Hall–Kier alpha value is -1.79. The lowest BCUT2D eigenvalue weighted by Crippen LogP contribution is -2.26. The number of aliphatic hydroxyl groups excluding tert-OH is 2. The number of hydrogen-bond acceptors (Lipinski definition) is 4. The van der Waals surface area contributed by atoms with Gasteiger partial charge in [0, 0.05) is 5.56 Å². The van der Waals surface area contributed by atoms with Gasteiger partial charge in [0.05, 0.1) is 12.5 Å². The molecule has 0 aliphatic carbocycles. The summed E-state index contributed by atoms with van der Waals surface area (Å²) in [5.41, 5.74) is 4.92. The monoisotopic (exact) mass is 255 g/mol. The van der Waals surface area contributed by atoms with E-state index in [1.54, 1.807) is 0 Å². The van der Waals surface area contributed by atoms with Gasteiger partial charge in [-0.15, -0.1) is 0 Å². The maximum Gasteiger partial charge on any atom is 0.220 e. The highest BCUT2D eigenvalue weighted by atomic mass is 19.1. The van der Waals surface area contributed by atoms with Gasteiger partial charge in [0.2, 0.25) is 5.91 Å². The van der Waals surface area contributed by atoms with E-state index in [2.05, 4.69) is 0 Å². The molecule has 6 heteroatoms. The number of rotatable bonds is 5. The normalized spacial score (nSPS) is 14.0. The molecular weight excluding hydrogens is 241 g/mol. The van der Waals surface area contributed by atoms with E-state index in [0.29, 0.717) is 0 Å². The number of aliphatic hydroxyl groups is 2. The van der Waals surface area contributed by atoms with E-state index in [4.69, 9.17) is 5.73 Å². The topological polar surface area (TPSA) is 101 Å². The highest BCUT2D eigenvalue weighted by Gasteiger charge is 2.24. The van der Waals surface area contributed by atoms with Crippen molar-refractivity contribution < 1.29 is 24.2 Å². The van der Waals surface area contributed by atoms with Crippen LogP contribution in [0.5, 0.6) is 0 Å². The lowest BCUT2D eigenvalue weighted by atomic mass is 9.95. The third-order valence-corrected chi connectivity index (χ3v) is 2.49. The molecule has 0 fully saturated rings. The summed E-state index contributed by atoms with van der Waals surface area (Å²) in [6.07, 6.45) is -3.51. The number of hydrogen-bond donors (Lipinski definition) is 3. The molecule has 0 radical (unpaired) electrons. The van der Waals surface area contributed by atoms with E-state index in [-0.39, 0.29) is 16.9 Å². The number of carbonyl (C=O) groups is 2. The van der Waals surface area contributed by atoms with Gasteiger partial charge in [-0.3, -0.25) is 9.59 Å². The Morgan fingerprint density at radius 3 is 2.50 bits per heavy atom. The molecule has 0 saturated heterocycles. The number of Topliss-reactive ketones (excluding diaryl/α,β-unsaturated/α-hetero) is 1. The molecule has 98 valence electrons. The van der Waals surface area contributed by atoms with Crippen molar-refractivity contribution in [3.8, 4) is 0 Å². The third-order valence-electron chi connectivity index (χ3n) is 2.49. The first kappa shape index (κ1) is 14.3. The van der Waals surface area contributed by atoms with Crippen molar-refractivity contribution in [2.24, 2.45) is 5.73 Å². The molecule has 1 aromatic rings. The second kappa shape index (κ2) is 5.70. The largest absolute Gasteiger partial charge is 0.390 e. The van der Waals surface area contributed by atoms with E-state index in [1.807, 2.05) is 0 Å². The highest BCUT2D eigenvalue weighted by Crippen LogP contribution is 2.24. The lowest BCUT2D eigenvalue weighted by molar-refractivity contribution is -0.121. The van der Waals surface area contributed by atoms with Gasteiger partial charge in [0.1, 0.15) is 11.9 Å². The number of primary amides is 1. The molecule has 0 aliphatic rings. The molecule has 1 amide bonds. The van der Waals surface area contributed by atoms with E-state index in [1.165, 1.54) is 13.0 Å². The van der Waals surface area contributed by atoms with Crippen LogP contribution in [0, 0.1) is 5.82 Å². The Balaban J connectivity index is 3.10. The number of carbonyl (C=O) groups excluding carboxylic acids is 2. The van der Waals surface area contributed by atoms with E-state index in [9.17, 15) is 24.2 Å². The van der Waals surface area contributed by atoms with Gasteiger partial charge in [-0.1, -0.05) is 0 Å². The van der Waals surface area contributed by atoms with Crippen LogP contribution in [-0.4, -0.2) is 28.0 Å². The molecule has 5 nitrogen and oxygen atoms in total. The predicted molar refractivity (Wildman–Crippen MR) is 61.2 cm³/mol. The fourth-order valence-electron chi connectivity index (χ4n) is 1.62. The minimum Gasteiger partial charge on any atom is -0.390 e. The van der Waals surface area contributed by atoms with E-state index >= 15 is 0 Å². The lowest BCUT2D eigenvalue weighted by Gasteiger charge is -2.19. The molecule has 18 heavy (non-hydrogen) atoms. The summed E-state index contributed by atoms with van der Waals surface area (Å²) in [5, 5.41) is 19.4. The SMILES string of the molecule is CC(=O)c1ccc(F)cc1C(O)C(O)CC(N)=O. The summed E-state index contributed by atoms with van der Waals surface area (Å²) >= 11 is 0. The van der Waals surface area contributed by atoms with Gasteiger partial charge in [-0.2, -0.15) is 0 Å². The Morgan fingerprint density at radius 2 is 2.00 bits per heavy atom. The highest BCUT2D eigenvalue weighted by molar-refractivity contribution is 5.95. The van der Waals surface area contributed by atoms with Crippen LogP contribution in [0.1, 0.15) is 35.4 Å². The summed E-state index contributed by atoms with van der Waals surface area (Å²) in [5.74, 6) is -1.84. The molecule has 4 N–H and O–H groups in total. The molecule has 0 aromatic heterocycles. The van der Waals surface area contributed by atoms with Crippen LogP contribution in [0.25, 0.3) is 0 Å². The molecule has 2 atom stereocenters. The molecule has 0 saturated carbocycles. The van der Waals surface area contributed by atoms with E-state index < -0.39 is 30.4 Å². The maximum atomic E-state index is 13.1. The van der Waals surface area contributed by atoms with Crippen molar-refractivity contribution in [1.29, 1.82) is 0 Å². The van der Waals surface area contributed by atoms with Gasteiger partial charge in [0.25, 0.3) is 0 Å². The molecule has 2 unspecified atom stereocenters. The van der Waals surface area contributed by atoms with Crippen molar-refractivity contribution in [1.82, 2.24) is 0 Å². The number of nitrogens with two attached hydrogens (primary N) is 1. The van der Waals surface area contributed by atoms with Crippen LogP contribution in [0.4, 0.5) is 4.39 Å². The quantitative estimate of drug-likeness (QED) is 0.658. The molecule has 0 bridgehead atoms. The number of benzene rings is 1. The molecule has 0 spiro atoms. The average molecular weight is 255 g/mol. The van der Waals surface area contributed by atoms with Gasteiger partial charge in [0.15, 0.2) is 5.78 Å². The molecular formula is C12H14FNO4. The van der Waals surface area contributed by atoms with Crippen LogP contribution < -0.4 is 5.73 Å². The summed E-state index contributed by atoms with van der Waals surface area (Å²) in [6, 6.07) is 3.24. The molecule has 0 heterocycles. The second-order valence-corrected chi connectivity index (χ2v) is 3.97. The van der Waals surface area contributed by atoms with Gasteiger partial charge in [-0.05, 0) is 30.7 Å². The van der Waals surface area contributed by atoms with Crippen molar-refractivity contribution in [2.75, 3.05) is 0 Å². The zero-order valence-electron chi connectivity index (χ0n) is 9.76. The third kappa shape index (κ3) is 3.35. The molecule has 0 aliphatic heterocycles. The van der Waals surface area contributed by atoms with Crippen molar-refractivity contribution in [2.45, 2.75) is 25.6 Å². The van der Waals surface area contributed by atoms with Gasteiger partial charge >= 0.3 is 0 Å². The van der Waals surface area contributed by atoms with Crippen LogP contribution >= 0.6 is 0 Å². The number of amides is 1. The predicted octanol–water partition coefficient (Wildman–Crippen LogP) is 0.298. The zero-order valence-corrected chi connectivity index (χ0v) is 9.76. The fraction of sp³-hybridized carbons (Fsp3) is 0.333. The van der Waals surface area contributed by atoms with Crippen LogP contribution in [0.2, 0.25) is 0 Å². The first-order valence-electron chi connectivity index (χ1n) is 5.27. The summed E-state index contributed by atoms with van der Waals surface area (Å²) in [7, 11) is 0. The Kier molecular flexibility index (Phi) is 4.52. The Morgan fingerprint density at radius 1 is 1.39 bits per heavy atom. The number of halogens is 1.